The van der Waals surface area contributed by atoms with Crippen molar-refractivity contribution in [1.29, 1.82) is 0 Å². The highest BCUT2D eigenvalue weighted by atomic mass is 19.4. The molecular weight excluding hydrogens is 393 g/mol. The Labute approximate surface area is 170 Å². The molecule has 1 fully saturated rings. The van der Waals surface area contributed by atoms with Crippen molar-refractivity contribution in [2.24, 2.45) is 0 Å². The Kier molecular flexibility index (Phi) is 4.38. The molecule has 0 radical (unpaired) electrons. The second kappa shape index (κ2) is 7.08. The van der Waals surface area contributed by atoms with Gasteiger partial charge in [-0.25, -0.2) is 14.5 Å². The van der Waals surface area contributed by atoms with Crippen molar-refractivity contribution >= 4 is 11.5 Å². The first-order chi connectivity index (χ1) is 14.5. The summed E-state index contributed by atoms with van der Waals surface area (Å²) >= 11 is 0. The number of hydrogen-bond acceptors (Lipinski definition) is 5. The lowest BCUT2D eigenvalue weighted by atomic mass is 10.1. The van der Waals surface area contributed by atoms with Crippen LogP contribution in [-0.4, -0.2) is 31.3 Å². The van der Waals surface area contributed by atoms with Crippen LogP contribution >= 0.6 is 0 Å². The largest absolute Gasteiger partial charge is 0.433 e. The van der Waals surface area contributed by atoms with E-state index in [0.717, 1.165) is 41.7 Å². The standard InChI is InChI=1S/C21H17F3N6/c22-21(23,24)18-10-11-25-20(26-18)29-12-4-7-16(29)19-17-9-8-15(13-30(17)28-27-19)14-5-2-1-3-6-14/h1-3,5-6,8-11,13,16H,4,7,12H2. The molecule has 0 amide bonds. The highest BCUT2D eigenvalue weighted by Gasteiger charge is 2.36. The molecule has 1 atom stereocenters. The first-order valence-electron chi connectivity index (χ1n) is 9.58. The number of alkyl halides is 3. The van der Waals surface area contributed by atoms with Gasteiger partial charge in [-0.05, 0) is 30.5 Å². The minimum atomic E-state index is -4.51. The second-order valence-electron chi connectivity index (χ2n) is 7.18. The Morgan fingerprint density at radius 1 is 0.967 bits per heavy atom. The van der Waals surface area contributed by atoms with Crippen LogP contribution in [-0.2, 0) is 6.18 Å². The van der Waals surface area contributed by atoms with Gasteiger partial charge in [0.25, 0.3) is 0 Å². The van der Waals surface area contributed by atoms with Crippen molar-refractivity contribution in [3.8, 4) is 11.1 Å². The van der Waals surface area contributed by atoms with Gasteiger partial charge in [0, 0.05) is 24.5 Å². The van der Waals surface area contributed by atoms with E-state index >= 15 is 0 Å². The molecular formula is C21H17F3N6. The molecule has 1 saturated heterocycles. The van der Waals surface area contributed by atoms with Gasteiger partial charge in [-0.3, -0.25) is 0 Å². The van der Waals surface area contributed by atoms with Crippen molar-refractivity contribution in [1.82, 2.24) is 24.8 Å². The smallest absolute Gasteiger partial charge is 0.332 e. The third-order valence-corrected chi connectivity index (χ3v) is 5.31. The highest BCUT2D eigenvalue weighted by molar-refractivity contribution is 5.66. The minimum absolute atomic E-state index is 0.0642. The first kappa shape index (κ1) is 18.5. The fourth-order valence-corrected chi connectivity index (χ4v) is 3.89. The summed E-state index contributed by atoms with van der Waals surface area (Å²) in [7, 11) is 0. The topological polar surface area (TPSA) is 59.2 Å². The van der Waals surface area contributed by atoms with Crippen molar-refractivity contribution in [2.45, 2.75) is 25.1 Å². The number of nitrogens with zero attached hydrogens (tertiary/aromatic N) is 6. The van der Waals surface area contributed by atoms with Crippen LogP contribution < -0.4 is 4.90 Å². The van der Waals surface area contributed by atoms with E-state index in [1.165, 1.54) is 0 Å². The number of halogens is 3. The molecule has 4 aromatic rings. The van der Waals surface area contributed by atoms with Gasteiger partial charge in [-0.2, -0.15) is 13.2 Å². The maximum absolute atomic E-state index is 13.1. The molecule has 1 aliphatic rings. The quantitative estimate of drug-likeness (QED) is 0.496. The number of hydrogen-bond donors (Lipinski definition) is 0. The summed E-state index contributed by atoms with van der Waals surface area (Å²) in [5.41, 5.74) is 2.66. The molecule has 0 spiro atoms. The maximum Gasteiger partial charge on any atom is 0.433 e. The number of anilines is 1. The van der Waals surface area contributed by atoms with E-state index in [9.17, 15) is 13.2 Å². The Morgan fingerprint density at radius 2 is 1.80 bits per heavy atom. The third-order valence-electron chi connectivity index (χ3n) is 5.31. The van der Waals surface area contributed by atoms with Crippen LogP contribution in [0.4, 0.5) is 19.1 Å². The van der Waals surface area contributed by atoms with Gasteiger partial charge in [-0.1, -0.05) is 41.6 Å². The third kappa shape index (κ3) is 3.26. The van der Waals surface area contributed by atoms with Gasteiger partial charge in [0.1, 0.15) is 11.4 Å². The van der Waals surface area contributed by atoms with E-state index in [4.69, 9.17) is 0 Å². The summed E-state index contributed by atoms with van der Waals surface area (Å²) in [6.45, 7) is 0.563. The van der Waals surface area contributed by atoms with E-state index < -0.39 is 11.9 Å². The SMILES string of the molecule is FC(F)(F)c1ccnc(N2CCCC2c2nnn3cc(-c4ccccc4)ccc23)n1. The first-order valence-corrected chi connectivity index (χ1v) is 9.58. The lowest BCUT2D eigenvalue weighted by Gasteiger charge is -2.23. The Hall–Kier alpha value is -3.49. The normalized spacial score (nSPS) is 17.0. The van der Waals surface area contributed by atoms with E-state index in [1.807, 2.05) is 48.7 Å². The minimum Gasteiger partial charge on any atom is -0.332 e. The van der Waals surface area contributed by atoms with Crippen LogP contribution in [0.25, 0.3) is 16.6 Å². The number of rotatable bonds is 3. The molecule has 9 heteroatoms. The molecule has 1 unspecified atom stereocenters. The highest BCUT2D eigenvalue weighted by Crippen LogP contribution is 2.37. The van der Waals surface area contributed by atoms with Gasteiger partial charge >= 0.3 is 6.18 Å². The summed E-state index contributed by atoms with van der Waals surface area (Å²) in [4.78, 5) is 9.63. The zero-order chi connectivity index (χ0) is 20.7. The van der Waals surface area contributed by atoms with Crippen molar-refractivity contribution in [3.05, 3.63) is 72.3 Å². The molecule has 0 saturated carbocycles. The number of fused-ring (bicyclic) bond motifs is 1. The summed E-state index contributed by atoms with van der Waals surface area (Å²) in [5, 5.41) is 8.61. The molecule has 0 N–H and O–H groups in total. The van der Waals surface area contributed by atoms with Gasteiger partial charge in [0.05, 0.1) is 11.6 Å². The predicted molar refractivity (Wildman–Crippen MR) is 105 cm³/mol. The molecule has 0 bridgehead atoms. The average Bonchev–Trinajstić information content (AvgIpc) is 3.40. The van der Waals surface area contributed by atoms with E-state index in [2.05, 4.69) is 20.3 Å². The lowest BCUT2D eigenvalue weighted by Crippen LogP contribution is -2.26. The van der Waals surface area contributed by atoms with Crippen LogP contribution in [0.2, 0.25) is 0 Å². The lowest BCUT2D eigenvalue weighted by molar-refractivity contribution is -0.141. The zero-order valence-corrected chi connectivity index (χ0v) is 15.8. The molecule has 30 heavy (non-hydrogen) atoms. The van der Waals surface area contributed by atoms with Crippen LogP contribution in [0.15, 0.2) is 60.9 Å². The molecule has 1 aliphatic heterocycles. The Bertz CT molecular complexity index is 1190. The fraction of sp³-hybridized carbons (Fsp3) is 0.238. The summed E-state index contributed by atoms with van der Waals surface area (Å²) < 4.78 is 40.9. The molecule has 6 nitrogen and oxygen atoms in total. The number of benzene rings is 1. The molecule has 5 rings (SSSR count). The van der Waals surface area contributed by atoms with Crippen LogP contribution in [0.3, 0.4) is 0 Å². The van der Waals surface area contributed by atoms with Crippen LogP contribution in [0.1, 0.15) is 30.3 Å². The van der Waals surface area contributed by atoms with Gasteiger partial charge < -0.3 is 4.90 Å². The number of aromatic nitrogens is 5. The Morgan fingerprint density at radius 3 is 2.60 bits per heavy atom. The fourth-order valence-electron chi connectivity index (χ4n) is 3.89. The van der Waals surface area contributed by atoms with Crippen LogP contribution in [0.5, 0.6) is 0 Å². The summed E-state index contributed by atoms with van der Waals surface area (Å²) in [6, 6.07) is 14.5. The van der Waals surface area contributed by atoms with Crippen molar-refractivity contribution < 1.29 is 13.2 Å². The second-order valence-corrected chi connectivity index (χ2v) is 7.18. The monoisotopic (exact) mass is 410 g/mol. The molecule has 1 aromatic carbocycles. The van der Waals surface area contributed by atoms with Gasteiger partial charge in [0.15, 0.2) is 0 Å². The van der Waals surface area contributed by atoms with Crippen molar-refractivity contribution in [2.75, 3.05) is 11.4 Å². The van der Waals surface area contributed by atoms with E-state index in [0.29, 0.717) is 12.2 Å². The van der Waals surface area contributed by atoms with Crippen LogP contribution in [0, 0.1) is 0 Å². The summed E-state index contributed by atoms with van der Waals surface area (Å²) in [5.74, 6) is 0.0642. The average molecular weight is 410 g/mol. The predicted octanol–water partition coefficient (Wildman–Crippen LogP) is 4.55. The molecule has 0 aliphatic carbocycles. The van der Waals surface area contributed by atoms with E-state index in [-0.39, 0.29) is 12.0 Å². The van der Waals surface area contributed by atoms with Crippen molar-refractivity contribution in [3.63, 3.8) is 0 Å². The molecule has 4 heterocycles. The maximum atomic E-state index is 13.1. The Balaban J connectivity index is 1.50. The van der Waals surface area contributed by atoms with E-state index in [1.54, 1.807) is 9.42 Å². The zero-order valence-electron chi connectivity index (χ0n) is 15.8. The van der Waals surface area contributed by atoms with Gasteiger partial charge in [-0.15, -0.1) is 5.10 Å². The number of pyridine rings is 1. The van der Waals surface area contributed by atoms with Gasteiger partial charge in [0.2, 0.25) is 5.95 Å². The summed E-state index contributed by atoms with van der Waals surface area (Å²) in [6.07, 6.45) is 0.0979. The molecule has 152 valence electrons. The molecule has 3 aromatic heterocycles.